The first-order valence-corrected chi connectivity index (χ1v) is 8.29. The molecule has 2 aromatic carbocycles. The molecule has 0 amide bonds. The molecule has 0 spiro atoms. The largest absolute Gasteiger partial charge is 0.507 e. The van der Waals surface area contributed by atoms with Gasteiger partial charge in [0.15, 0.2) is 17.3 Å². The van der Waals surface area contributed by atoms with Crippen LogP contribution < -0.4 is 18.9 Å². The van der Waals surface area contributed by atoms with Crippen LogP contribution in [-0.2, 0) is 4.79 Å². The Morgan fingerprint density at radius 2 is 1.78 bits per heavy atom. The van der Waals surface area contributed by atoms with Crippen molar-refractivity contribution >= 4 is 11.8 Å². The molecule has 1 aliphatic rings. The molecule has 27 heavy (non-hydrogen) atoms. The molecule has 0 saturated heterocycles. The maximum atomic E-state index is 12.1. The van der Waals surface area contributed by atoms with E-state index in [2.05, 4.69) is 0 Å². The summed E-state index contributed by atoms with van der Waals surface area (Å²) in [5, 5.41) is 10.7. The zero-order valence-corrected chi connectivity index (χ0v) is 15.5. The van der Waals surface area contributed by atoms with Gasteiger partial charge in [-0.1, -0.05) is 6.07 Å². The van der Waals surface area contributed by atoms with Crippen molar-refractivity contribution in [2.24, 2.45) is 0 Å². The van der Waals surface area contributed by atoms with E-state index in [1.165, 1.54) is 40.4 Å². The molecule has 142 valence electrons. The van der Waals surface area contributed by atoms with Gasteiger partial charge in [-0.05, 0) is 25.1 Å². The number of methoxy groups -OCH3 is 3. The quantitative estimate of drug-likeness (QED) is 0.490. The van der Waals surface area contributed by atoms with Crippen molar-refractivity contribution < 1.29 is 33.6 Å². The van der Waals surface area contributed by atoms with Gasteiger partial charge in [0.1, 0.15) is 11.5 Å². The zero-order chi connectivity index (χ0) is 19.7. The SMILES string of the molecule is COc1ccc(C2CC(=O)Oc3ccc(C(C)=O)c(O)c32)c(OC)c1OC. The van der Waals surface area contributed by atoms with E-state index in [1.54, 1.807) is 12.1 Å². The first-order chi connectivity index (χ1) is 12.9. The highest BCUT2D eigenvalue weighted by molar-refractivity contribution is 5.98. The van der Waals surface area contributed by atoms with E-state index in [-0.39, 0.29) is 29.3 Å². The second-order valence-corrected chi connectivity index (χ2v) is 6.08. The minimum absolute atomic E-state index is 0.0201. The molecule has 0 aromatic heterocycles. The van der Waals surface area contributed by atoms with Crippen LogP contribution >= 0.6 is 0 Å². The summed E-state index contributed by atoms with van der Waals surface area (Å²) in [6, 6.07) is 6.40. The Morgan fingerprint density at radius 3 is 2.37 bits per heavy atom. The minimum Gasteiger partial charge on any atom is -0.507 e. The number of ether oxygens (including phenoxy) is 4. The van der Waals surface area contributed by atoms with Crippen molar-refractivity contribution in [3.63, 3.8) is 0 Å². The molecule has 1 aliphatic heterocycles. The third-order valence-corrected chi connectivity index (χ3v) is 4.61. The van der Waals surface area contributed by atoms with E-state index in [0.29, 0.717) is 28.4 Å². The standard InChI is InChI=1S/C20H20O7/c1-10(21)11-5-7-14-17(18(11)23)13(9-16(22)27-14)12-6-8-15(24-2)20(26-4)19(12)25-3/h5-8,13,23H,9H2,1-4H3. The molecule has 2 aromatic rings. The molecule has 3 rings (SSSR count). The second kappa shape index (κ2) is 7.19. The van der Waals surface area contributed by atoms with Crippen molar-refractivity contribution in [2.75, 3.05) is 21.3 Å². The molecule has 1 N–H and O–H groups in total. The van der Waals surface area contributed by atoms with E-state index in [4.69, 9.17) is 18.9 Å². The van der Waals surface area contributed by atoms with Crippen LogP contribution in [-0.4, -0.2) is 38.2 Å². The molecule has 0 bridgehead atoms. The summed E-state index contributed by atoms with van der Waals surface area (Å²) in [5.74, 6) is -0.0569. The van der Waals surface area contributed by atoms with Gasteiger partial charge in [0.2, 0.25) is 5.75 Å². The number of phenols is 1. The van der Waals surface area contributed by atoms with Crippen molar-refractivity contribution in [1.82, 2.24) is 0 Å². The number of benzene rings is 2. The molecule has 0 radical (unpaired) electrons. The summed E-state index contributed by atoms with van der Waals surface area (Å²) in [7, 11) is 4.47. The van der Waals surface area contributed by atoms with Crippen LogP contribution in [0.2, 0.25) is 0 Å². The highest BCUT2D eigenvalue weighted by Gasteiger charge is 2.35. The predicted molar refractivity (Wildman–Crippen MR) is 96.3 cm³/mol. The maximum absolute atomic E-state index is 12.1. The molecule has 0 saturated carbocycles. The van der Waals surface area contributed by atoms with Gasteiger partial charge in [-0.2, -0.15) is 0 Å². The summed E-state index contributed by atoms with van der Waals surface area (Å²) in [6.45, 7) is 1.36. The number of hydrogen-bond donors (Lipinski definition) is 1. The van der Waals surface area contributed by atoms with E-state index in [0.717, 1.165) is 0 Å². The number of rotatable bonds is 5. The van der Waals surface area contributed by atoms with Gasteiger partial charge in [-0.15, -0.1) is 0 Å². The van der Waals surface area contributed by atoms with E-state index in [9.17, 15) is 14.7 Å². The van der Waals surface area contributed by atoms with Crippen LogP contribution in [0.4, 0.5) is 0 Å². The fourth-order valence-corrected chi connectivity index (χ4v) is 3.40. The Morgan fingerprint density at radius 1 is 1.07 bits per heavy atom. The number of ketones is 1. The number of hydrogen-bond acceptors (Lipinski definition) is 7. The monoisotopic (exact) mass is 372 g/mol. The lowest BCUT2D eigenvalue weighted by Gasteiger charge is -2.28. The Kier molecular flexibility index (Phi) is 4.94. The van der Waals surface area contributed by atoms with Gasteiger partial charge in [-0.25, -0.2) is 0 Å². The van der Waals surface area contributed by atoms with E-state index in [1.807, 2.05) is 0 Å². The first-order valence-electron chi connectivity index (χ1n) is 8.29. The first kappa shape index (κ1) is 18.6. The molecular formula is C20H20O7. The fourth-order valence-electron chi connectivity index (χ4n) is 3.40. The summed E-state index contributed by atoms with van der Waals surface area (Å²) >= 11 is 0. The zero-order valence-electron chi connectivity index (χ0n) is 15.5. The highest BCUT2D eigenvalue weighted by Crippen LogP contribution is 2.50. The Hall–Kier alpha value is -3.22. The Labute approximate surface area is 156 Å². The second-order valence-electron chi connectivity index (χ2n) is 6.08. The molecule has 1 heterocycles. The van der Waals surface area contributed by atoms with Gasteiger partial charge in [0.25, 0.3) is 0 Å². The third kappa shape index (κ3) is 3.05. The number of phenolic OH excluding ortho intramolecular Hbond substituents is 1. The minimum atomic E-state index is -0.574. The van der Waals surface area contributed by atoms with Crippen LogP contribution in [0, 0.1) is 0 Å². The van der Waals surface area contributed by atoms with Gasteiger partial charge >= 0.3 is 5.97 Å². The van der Waals surface area contributed by atoms with Gasteiger partial charge < -0.3 is 24.1 Å². The van der Waals surface area contributed by atoms with Crippen molar-refractivity contribution in [3.05, 3.63) is 41.0 Å². The van der Waals surface area contributed by atoms with Crippen LogP contribution in [0.15, 0.2) is 24.3 Å². The van der Waals surface area contributed by atoms with Crippen molar-refractivity contribution in [3.8, 4) is 28.7 Å². The lowest BCUT2D eigenvalue weighted by molar-refractivity contribution is -0.135. The normalized spacial score (nSPS) is 15.6. The number of carbonyl (C=O) groups excluding carboxylic acids is 2. The van der Waals surface area contributed by atoms with Crippen molar-refractivity contribution in [1.29, 1.82) is 0 Å². The summed E-state index contributed by atoms with van der Waals surface area (Å²) in [6.07, 6.45) is -0.0201. The molecule has 7 heteroatoms. The summed E-state index contributed by atoms with van der Waals surface area (Å²) < 4.78 is 21.5. The fraction of sp³-hybridized carbons (Fsp3) is 0.300. The van der Waals surface area contributed by atoms with Crippen LogP contribution in [0.25, 0.3) is 0 Å². The van der Waals surface area contributed by atoms with Crippen LogP contribution in [0.5, 0.6) is 28.7 Å². The van der Waals surface area contributed by atoms with Crippen LogP contribution in [0.3, 0.4) is 0 Å². The topological polar surface area (TPSA) is 91.3 Å². The number of carbonyl (C=O) groups is 2. The van der Waals surface area contributed by atoms with E-state index >= 15 is 0 Å². The number of fused-ring (bicyclic) bond motifs is 1. The van der Waals surface area contributed by atoms with Gasteiger partial charge in [0.05, 0.1) is 33.3 Å². The number of aromatic hydroxyl groups is 1. The number of esters is 1. The van der Waals surface area contributed by atoms with Gasteiger partial charge in [-0.3, -0.25) is 9.59 Å². The third-order valence-electron chi connectivity index (χ3n) is 4.61. The maximum Gasteiger partial charge on any atom is 0.312 e. The lowest BCUT2D eigenvalue weighted by Crippen LogP contribution is -2.22. The molecule has 0 fully saturated rings. The van der Waals surface area contributed by atoms with Crippen LogP contribution in [0.1, 0.15) is 40.7 Å². The highest BCUT2D eigenvalue weighted by atomic mass is 16.5. The lowest BCUT2D eigenvalue weighted by atomic mass is 9.83. The average molecular weight is 372 g/mol. The van der Waals surface area contributed by atoms with Gasteiger partial charge in [0, 0.05) is 17.0 Å². The predicted octanol–water partition coefficient (Wildman–Crippen LogP) is 3.06. The average Bonchev–Trinajstić information content (AvgIpc) is 2.65. The molecule has 7 nitrogen and oxygen atoms in total. The smallest absolute Gasteiger partial charge is 0.312 e. The Balaban J connectivity index is 2.27. The summed E-state index contributed by atoms with van der Waals surface area (Å²) in [5.41, 5.74) is 1.15. The Bertz CT molecular complexity index is 917. The molecular weight excluding hydrogens is 352 g/mol. The van der Waals surface area contributed by atoms with Crippen molar-refractivity contribution in [2.45, 2.75) is 19.3 Å². The molecule has 1 unspecified atom stereocenters. The summed E-state index contributed by atoms with van der Waals surface area (Å²) in [4.78, 5) is 24.0. The molecule has 0 aliphatic carbocycles. The molecule has 1 atom stereocenters. The van der Waals surface area contributed by atoms with E-state index < -0.39 is 11.9 Å². The number of Topliss-reactive ketones (excluding diaryl/α,β-unsaturated/α-hetero) is 1.